The van der Waals surface area contributed by atoms with Crippen molar-refractivity contribution in [1.82, 2.24) is 10.2 Å². The molecule has 0 radical (unpaired) electrons. The van der Waals surface area contributed by atoms with Crippen LogP contribution in [-0.4, -0.2) is 44.7 Å². The first-order valence-corrected chi connectivity index (χ1v) is 9.47. The van der Waals surface area contributed by atoms with Gasteiger partial charge in [0.05, 0.1) is 14.2 Å². The second-order valence-corrected chi connectivity index (χ2v) is 8.32. The third-order valence-electron chi connectivity index (χ3n) is 5.52. The molecule has 1 atom stereocenters. The predicted molar refractivity (Wildman–Crippen MR) is 105 cm³/mol. The molecule has 1 amide bonds. The molecule has 2 rings (SSSR count). The van der Waals surface area contributed by atoms with Gasteiger partial charge < -0.3 is 14.8 Å². The molecule has 1 aliphatic rings. The van der Waals surface area contributed by atoms with E-state index in [4.69, 9.17) is 9.47 Å². The standard InChI is InChI=1S/C21H34N2O3/c1-15(21(2,3)4)11-20(24)22-8-10-23-9-7-16-12-18(25-5)19(26-6)13-17(16)14-23/h12-13,15H,7-11,14H2,1-6H3,(H,22,24). The first-order chi connectivity index (χ1) is 12.2. The molecule has 0 aromatic heterocycles. The molecule has 0 saturated carbocycles. The van der Waals surface area contributed by atoms with Crippen LogP contribution in [0.5, 0.6) is 11.5 Å². The van der Waals surface area contributed by atoms with E-state index in [1.807, 2.05) is 0 Å². The summed E-state index contributed by atoms with van der Waals surface area (Å²) in [6, 6.07) is 4.16. The highest BCUT2D eigenvalue weighted by atomic mass is 16.5. The monoisotopic (exact) mass is 362 g/mol. The quantitative estimate of drug-likeness (QED) is 0.809. The minimum Gasteiger partial charge on any atom is -0.493 e. The van der Waals surface area contributed by atoms with Gasteiger partial charge in [-0.25, -0.2) is 0 Å². The van der Waals surface area contributed by atoms with Crippen LogP contribution in [-0.2, 0) is 17.8 Å². The fraction of sp³-hybridized carbons (Fsp3) is 0.667. The number of benzene rings is 1. The Kier molecular flexibility index (Phi) is 6.93. The van der Waals surface area contributed by atoms with E-state index in [1.165, 1.54) is 11.1 Å². The van der Waals surface area contributed by atoms with Crippen molar-refractivity contribution in [3.63, 3.8) is 0 Å². The van der Waals surface area contributed by atoms with Gasteiger partial charge in [-0.3, -0.25) is 9.69 Å². The molecule has 0 saturated heterocycles. The van der Waals surface area contributed by atoms with Gasteiger partial charge in [-0.2, -0.15) is 0 Å². The van der Waals surface area contributed by atoms with Gasteiger partial charge >= 0.3 is 0 Å². The lowest BCUT2D eigenvalue weighted by Gasteiger charge is -2.30. The van der Waals surface area contributed by atoms with Crippen molar-refractivity contribution in [3.8, 4) is 11.5 Å². The average molecular weight is 363 g/mol. The fourth-order valence-electron chi connectivity index (χ4n) is 3.14. The van der Waals surface area contributed by atoms with Crippen molar-refractivity contribution in [3.05, 3.63) is 23.3 Å². The molecule has 1 heterocycles. The summed E-state index contributed by atoms with van der Waals surface area (Å²) < 4.78 is 10.8. The highest BCUT2D eigenvalue weighted by Crippen LogP contribution is 2.33. The van der Waals surface area contributed by atoms with Crippen LogP contribution in [0.25, 0.3) is 0 Å². The molecular weight excluding hydrogens is 328 g/mol. The maximum absolute atomic E-state index is 12.1. The molecule has 0 bridgehead atoms. The number of hydrogen-bond acceptors (Lipinski definition) is 4. The topological polar surface area (TPSA) is 50.8 Å². The van der Waals surface area contributed by atoms with E-state index in [1.54, 1.807) is 14.2 Å². The number of nitrogens with one attached hydrogen (secondary N) is 1. The van der Waals surface area contributed by atoms with Crippen molar-refractivity contribution in [1.29, 1.82) is 0 Å². The first-order valence-electron chi connectivity index (χ1n) is 9.47. The van der Waals surface area contributed by atoms with Crippen LogP contribution in [0.2, 0.25) is 0 Å². The van der Waals surface area contributed by atoms with Gasteiger partial charge in [0.25, 0.3) is 0 Å². The Labute approximate surface area is 158 Å². The molecule has 0 aliphatic carbocycles. The van der Waals surface area contributed by atoms with Crippen LogP contribution >= 0.6 is 0 Å². The third kappa shape index (κ3) is 5.37. The summed E-state index contributed by atoms with van der Waals surface area (Å²) in [5, 5.41) is 3.07. The zero-order chi connectivity index (χ0) is 19.3. The number of carbonyl (C=O) groups is 1. The van der Waals surface area contributed by atoms with Crippen molar-refractivity contribution in [2.75, 3.05) is 33.9 Å². The zero-order valence-electron chi connectivity index (χ0n) is 17.1. The highest BCUT2D eigenvalue weighted by Gasteiger charge is 2.23. The second kappa shape index (κ2) is 8.76. The Morgan fingerprint density at radius 2 is 1.81 bits per heavy atom. The van der Waals surface area contributed by atoms with Crippen molar-refractivity contribution < 1.29 is 14.3 Å². The maximum atomic E-state index is 12.1. The second-order valence-electron chi connectivity index (χ2n) is 8.32. The summed E-state index contributed by atoms with van der Waals surface area (Å²) in [7, 11) is 3.33. The molecule has 1 aliphatic heterocycles. The first kappa shape index (κ1) is 20.6. The lowest BCUT2D eigenvalue weighted by Crippen LogP contribution is -2.38. The third-order valence-corrected chi connectivity index (χ3v) is 5.52. The number of hydrogen-bond donors (Lipinski definition) is 1. The molecule has 5 nitrogen and oxygen atoms in total. The Balaban J connectivity index is 1.83. The van der Waals surface area contributed by atoms with Gasteiger partial charge in [0.15, 0.2) is 11.5 Å². The number of nitrogens with zero attached hydrogens (tertiary/aromatic N) is 1. The molecule has 0 spiro atoms. The Hall–Kier alpha value is -1.75. The minimum absolute atomic E-state index is 0.149. The lowest BCUT2D eigenvalue weighted by atomic mass is 9.80. The Morgan fingerprint density at radius 1 is 1.19 bits per heavy atom. The van der Waals surface area contributed by atoms with E-state index < -0.39 is 0 Å². The maximum Gasteiger partial charge on any atom is 0.220 e. The summed E-state index contributed by atoms with van der Waals surface area (Å²) in [6.45, 7) is 12.1. The summed E-state index contributed by atoms with van der Waals surface area (Å²) in [5.41, 5.74) is 2.76. The number of ether oxygens (including phenoxy) is 2. The summed E-state index contributed by atoms with van der Waals surface area (Å²) in [4.78, 5) is 14.5. The summed E-state index contributed by atoms with van der Waals surface area (Å²) in [5.74, 6) is 2.08. The molecule has 5 heteroatoms. The van der Waals surface area contributed by atoms with Gasteiger partial charge in [-0.1, -0.05) is 27.7 Å². The van der Waals surface area contributed by atoms with Crippen molar-refractivity contribution >= 4 is 5.91 Å². The SMILES string of the molecule is COc1cc2c(cc1OC)CN(CCNC(=O)CC(C)C(C)(C)C)CC2. The predicted octanol–water partition coefficient (Wildman–Crippen LogP) is 3.25. The molecule has 1 aromatic rings. The zero-order valence-corrected chi connectivity index (χ0v) is 17.1. The van der Waals surface area contributed by atoms with Gasteiger partial charge in [0.2, 0.25) is 5.91 Å². The lowest BCUT2D eigenvalue weighted by molar-refractivity contribution is -0.122. The fourth-order valence-corrected chi connectivity index (χ4v) is 3.14. The van der Waals surface area contributed by atoms with Crippen LogP contribution < -0.4 is 14.8 Å². The van der Waals surface area contributed by atoms with Crippen LogP contribution in [0.1, 0.15) is 45.2 Å². The Morgan fingerprint density at radius 3 is 2.38 bits per heavy atom. The van der Waals surface area contributed by atoms with Crippen molar-refractivity contribution in [2.24, 2.45) is 11.3 Å². The van der Waals surface area contributed by atoms with E-state index in [0.717, 1.165) is 37.6 Å². The minimum atomic E-state index is 0.149. The number of methoxy groups -OCH3 is 2. The van der Waals surface area contributed by atoms with E-state index in [9.17, 15) is 4.79 Å². The molecule has 146 valence electrons. The van der Waals surface area contributed by atoms with Gasteiger partial charge in [0.1, 0.15) is 0 Å². The summed E-state index contributed by atoms with van der Waals surface area (Å²) in [6.07, 6.45) is 1.58. The summed E-state index contributed by atoms with van der Waals surface area (Å²) >= 11 is 0. The molecule has 0 fully saturated rings. The normalized spacial score (nSPS) is 15.9. The molecular formula is C21H34N2O3. The molecule has 1 N–H and O–H groups in total. The molecule has 26 heavy (non-hydrogen) atoms. The number of carbonyl (C=O) groups excluding carboxylic acids is 1. The van der Waals surface area contributed by atoms with E-state index in [-0.39, 0.29) is 11.3 Å². The largest absolute Gasteiger partial charge is 0.493 e. The molecule has 1 aromatic carbocycles. The van der Waals surface area contributed by atoms with E-state index >= 15 is 0 Å². The Bertz CT molecular complexity index is 622. The van der Waals surface area contributed by atoms with Gasteiger partial charge in [0, 0.05) is 32.6 Å². The molecule has 1 unspecified atom stereocenters. The average Bonchev–Trinajstić information content (AvgIpc) is 2.59. The van der Waals surface area contributed by atoms with Gasteiger partial charge in [-0.15, -0.1) is 0 Å². The van der Waals surface area contributed by atoms with Crippen LogP contribution in [0.15, 0.2) is 12.1 Å². The smallest absolute Gasteiger partial charge is 0.220 e. The van der Waals surface area contributed by atoms with E-state index in [0.29, 0.717) is 18.9 Å². The van der Waals surface area contributed by atoms with E-state index in [2.05, 4.69) is 50.0 Å². The van der Waals surface area contributed by atoms with Crippen LogP contribution in [0.3, 0.4) is 0 Å². The van der Waals surface area contributed by atoms with Crippen molar-refractivity contribution in [2.45, 2.75) is 47.1 Å². The van der Waals surface area contributed by atoms with Gasteiger partial charge in [-0.05, 0) is 41.0 Å². The number of rotatable bonds is 7. The number of fused-ring (bicyclic) bond motifs is 1. The highest BCUT2D eigenvalue weighted by molar-refractivity contribution is 5.76. The number of amides is 1. The van der Waals surface area contributed by atoms with Crippen LogP contribution in [0.4, 0.5) is 0 Å². The van der Waals surface area contributed by atoms with Crippen LogP contribution in [0, 0.1) is 11.3 Å².